The van der Waals surface area contributed by atoms with E-state index in [1.54, 1.807) is 0 Å². The number of hydrogen-bond acceptors (Lipinski definition) is 1. The molecule has 0 fully saturated rings. The van der Waals surface area contributed by atoms with Gasteiger partial charge in [0.15, 0.2) is 0 Å². The molecule has 48 valence electrons. The van der Waals surface area contributed by atoms with Gasteiger partial charge >= 0.3 is 57.5 Å². The van der Waals surface area contributed by atoms with Gasteiger partial charge in [-0.15, -0.1) is 0 Å². The van der Waals surface area contributed by atoms with Crippen molar-refractivity contribution >= 4 is 22.4 Å². The van der Waals surface area contributed by atoms with E-state index in [0.29, 0.717) is 4.75 Å². The van der Waals surface area contributed by atoms with Gasteiger partial charge < -0.3 is 0 Å². The molecule has 3 heteroatoms. The number of amides is 1. The molecule has 0 spiro atoms. The Hall–Kier alpha value is 0.0129. The summed E-state index contributed by atoms with van der Waals surface area (Å²) in [5, 5.41) is 0. The fourth-order valence-electron chi connectivity index (χ4n) is 0.329. The van der Waals surface area contributed by atoms with Crippen molar-refractivity contribution in [2.45, 2.75) is 18.6 Å². The fourth-order valence-corrected chi connectivity index (χ4v) is 1.02. The number of carbonyl (C=O) groups is 1. The summed E-state index contributed by atoms with van der Waals surface area (Å²) in [6, 6.07) is 0. The number of carbonyl (C=O) groups excluding carboxylic acids is 1. The average molecular weight is 176 g/mol. The molecule has 0 aromatic carbocycles. The number of rotatable bonds is 2. The molecule has 0 aliphatic heterocycles. The van der Waals surface area contributed by atoms with Gasteiger partial charge in [-0.2, -0.15) is 0 Å². The van der Waals surface area contributed by atoms with E-state index in [1.165, 1.54) is 0 Å². The van der Waals surface area contributed by atoms with Crippen molar-refractivity contribution in [3.05, 3.63) is 0 Å². The molecule has 2 N–H and O–H groups in total. The van der Waals surface area contributed by atoms with Crippen LogP contribution in [0, 0.1) is 5.92 Å². The number of nitrogens with two attached hydrogens (primary N) is 1. The molecule has 0 bridgehead atoms. The first-order valence-corrected chi connectivity index (χ1v) is 5.27. The van der Waals surface area contributed by atoms with Gasteiger partial charge in [0.1, 0.15) is 0 Å². The predicted molar refractivity (Wildman–Crippen MR) is 37.7 cm³/mol. The maximum atomic E-state index is 10.4. The molecule has 0 radical (unpaired) electrons. The number of primary amides is 1. The molecule has 1 amide bonds. The predicted octanol–water partition coefficient (Wildman–Crippen LogP) is -0.718. The van der Waals surface area contributed by atoms with E-state index in [2.05, 4.69) is 6.92 Å². The van der Waals surface area contributed by atoms with E-state index in [1.807, 2.05) is 6.92 Å². The third kappa shape index (κ3) is 2.35. The maximum absolute atomic E-state index is 10.4. The van der Waals surface area contributed by atoms with Crippen LogP contribution in [0.5, 0.6) is 0 Å². The molecule has 0 aliphatic rings. The Bertz CT molecular complexity index is 92.4. The minimum absolute atomic E-state index is 0.0926. The van der Waals surface area contributed by atoms with Crippen molar-refractivity contribution in [1.82, 2.24) is 0 Å². The molecule has 0 aromatic rings. The van der Waals surface area contributed by atoms with Crippen LogP contribution < -0.4 is 5.73 Å². The van der Waals surface area contributed by atoms with Crippen LogP contribution in [0.3, 0.4) is 0 Å². The van der Waals surface area contributed by atoms with Crippen molar-refractivity contribution < 1.29 is 4.79 Å². The Labute approximate surface area is 58.0 Å². The van der Waals surface area contributed by atoms with Gasteiger partial charge in [0.2, 0.25) is 0 Å². The molecular formula is C5H13GeNO. The molecule has 2 unspecified atom stereocenters. The normalized spacial score (nSPS) is 17.8. The van der Waals surface area contributed by atoms with E-state index in [9.17, 15) is 4.79 Å². The molecule has 0 saturated carbocycles. The molecule has 0 heterocycles. The molecular weight excluding hydrogens is 163 g/mol. The minimum atomic E-state index is -0.161. The Kier molecular flexibility index (Phi) is 3.13. The zero-order valence-corrected chi connectivity index (χ0v) is 9.84. The Morgan fingerprint density at radius 1 is 1.62 bits per heavy atom. The van der Waals surface area contributed by atoms with Crippen LogP contribution in [0.25, 0.3) is 0 Å². The van der Waals surface area contributed by atoms with Crippen molar-refractivity contribution in [1.29, 1.82) is 0 Å². The van der Waals surface area contributed by atoms with Gasteiger partial charge in [-0.05, 0) is 0 Å². The third-order valence-electron chi connectivity index (χ3n) is 1.45. The molecule has 0 aromatic heterocycles. The van der Waals surface area contributed by atoms with Crippen LogP contribution in [0.2, 0.25) is 4.75 Å². The Morgan fingerprint density at radius 2 is 2.00 bits per heavy atom. The molecule has 0 aliphatic carbocycles. The summed E-state index contributed by atoms with van der Waals surface area (Å²) in [5.41, 5.74) is 5.03. The van der Waals surface area contributed by atoms with Crippen molar-refractivity contribution in [2.75, 3.05) is 0 Å². The van der Waals surface area contributed by atoms with Gasteiger partial charge in [0, 0.05) is 0 Å². The second kappa shape index (κ2) is 3.12. The number of hydrogen-bond donors (Lipinski definition) is 1. The summed E-state index contributed by atoms with van der Waals surface area (Å²) in [5.74, 6) is -0.0689. The second-order valence-corrected chi connectivity index (χ2v) is 6.26. The first kappa shape index (κ1) is 8.01. The fraction of sp³-hybridized carbons (Fsp3) is 0.800. The van der Waals surface area contributed by atoms with Crippen molar-refractivity contribution in [3.63, 3.8) is 0 Å². The van der Waals surface area contributed by atoms with Gasteiger partial charge in [0.25, 0.3) is 0 Å². The van der Waals surface area contributed by atoms with E-state index >= 15 is 0 Å². The average Bonchev–Trinajstić information content (AvgIpc) is 1.64. The van der Waals surface area contributed by atoms with Crippen LogP contribution in [0.15, 0.2) is 0 Å². The van der Waals surface area contributed by atoms with Gasteiger partial charge in [-0.1, -0.05) is 0 Å². The molecule has 0 saturated heterocycles. The van der Waals surface area contributed by atoms with Crippen LogP contribution in [0.1, 0.15) is 13.8 Å². The van der Waals surface area contributed by atoms with Crippen LogP contribution in [-0.4, -0.2) is 22.4 Å². The summed E-state index contributed by atoms with van der Waals surface area (Å²) < 4.78 is 0.556. The summed E-state index contributed by atoms with van der Waals surface area (Å²) in [6.45, 7) is 3.95. The van der Waals surface area contributed by atoms with E-state index in [4.69, 9.17) is 5.73 Å². The van der Waals surface area contributed by atoms with E-state index in [0.717, 1.165) is 16.5 Å². The van der Waals surface area contributed by atoms with Crippen molar-refractivity contribution in [2.24, 2.45) is 11.7 Å². The summed E-state index contributed by atoms with van der Waals surface area (Å²) in [7, 11) is 0. The van der Waals surface area contributed by atoms with Crippen LogP contribution in [-0.2, 0) is 4.79 Å². The van der Waals surface area contributed by atoms with Crippen molar-refractivity contribution in [3.8, 4) is 0 Å². The molecule has 2 nitrogen and oxygen atoms in total. The zero-order chi connectivity index (χ0) is 6.73. The SMILES string of the molecule is C[CH]([GeH3])C(C)C(N)=O. The van der Waals surface area contributed by atoms with Crippen LogP contribution >= 0.6 is 0 Å². The van der Waals surface area contributed by atoms with E-state index in [-0.39, 0.29) is 11.8 Å². The summed E-state index contributed by atoms with van der Waals surface area (Å²) in [6.07, 6.45) is 0. The molecule has 2 atom stereocenters. The van der Waals surface area contributed by atoms with Gasteiger partial charge in [0.05, 0.1) is 0 Å². The molecule has 0 rings (SSSR count). The van der Waals surface area contributed by atoms with E-state index < -0.39 is 0 Å². The quantitative estimate of drug-likeness (QED) is 0.554. The Balaban J connectivity index is 3.64. The topological polar surface area (TPSA) is 43.1 Å². The van der Waals surface area contributed by atoms with Gasteiger partial charge in [-0.3, -0.25) is 0 Å². The standard InChI is InChI=1S/C5H13GeNO/c1-3(4(2)6)5(7)8/h3-4H,1-2,6H3,(H2,7,8). The monoisotopic (exact) mass is 177 g/mol. The van der Waals surface area contributed by atoms with Gasteiger partial charge in [-0.25, -0.2) is 0 Å². The zero-order valence-electron chi connectivity index (χ0n) is 5.64. The third-order valence-corrected chi connectivity index (χ3v) is 3.55. The summed E-state index contributed by atoms with van der Waals surface area (Å²) >= 11 is 0.724. The first-order chi connectivity index (χ1) is 3.55. The molecule has 8 heavy (non-hydrogen) atoms. The van der Waals surface area contributed by atoms with Crippen LogP contribution in [0.4, 0.5) is 0 Å². The summed E-state index contributed by atoms with van der Waals surface area (Å²) in [4.78, 5) is 10.4. The first-order valence-electron chi connectivity index (χ1n) is 2.85. The Morgan fingerprint density at radius 3 is 2.00 bits per heavy atom. The second-order valence-electron chi connectivity index (χ2n) is 2.44.